The molecule has 17 heavy (non-hydrogen) atoms. The van der Waals surface area contributed by atoms with Crippen molar-refractivity contribution < 1.29 is 30.0 Å². The standard InChI is InChI=1S/C10H17NO6/c1-2-7(13)11-3-5-8(14)9(15)6(4-12)17-10(5)16/h2,5-6,8-10,12,14-16H,1,3-4H2,(H,11,13). The van der Waals surface area contributed by atoms with Gasteiger partial charge in [-0.3, -0.25) is 4.79 Å². The van der Waals surface area contributed by atoms with Crippen LogP contribution in [0.4, 0.5) is 0 Å². The van der Waals surface area contributed by atoms with Crippen LogP contribution in [0, 0.1) is 5.92 Å². The molecule has 1 aliphatic heterocycles. The fraction of sp³-hybridized carbons (Fsp3) is 0.700. The molecule has 1 aliphatic rings. The summed E-state index contributed by atoms with van der Waals surface area (Å²) in [6.07, 6.45) is -3.95. The average Bonchev–Trinajstić information content (AvgIpc) is 2.33. The second-order valence-corrected chi connectivity index (χ2v) is 3.84. The number of amides is 1. The van der Waals surface area contributed by atoms with E-state index >= 15 is 0 Å². The number of rotatable bonds is 4. The highest BCUT2D eigenvalue weighted by Crippen LogP contribution is 2.24. The third kappa shape index (κ3) is 3.24. The first-order chi connectivity index (χ1) is 8.01. The number of aliphatic hydroxyl groups is 4. The molecule has 0 aromatic heterocycles. The lowest BCUT2D eigenvalue weighted by Crippen LogP contribution is -2.58. The zero-order valence-corrected chi connectivity index (χ0v) is 9.19. The fourth-order valence-corrected chi connectivity index (χ4v) is 1.67. The van der Waals surface area contributed by atoms with Crippen LogP contribution in [0.3, 0.4) is 0 Å². The van der Waals surface area contributed by atoms with Crippen molar-refractivity contribution in [3.05, 3.63) is 12.7 Å². The molecule has 0 aromatic rings. The first-order valence-electron chi connectivity index (χ1n) is 5.22. The maximum atomic E-state index is 10.9. The van der Waals surface area contributed by atoms with E-state index in [4.69, 9.17) is 9.84 Å². The lowest BCUT2D eigenvalue weighted by molar-refractivity contribution is -0.268. The van der Waals surface area contributed by atoms with Gasteiger partial charge in [-0.05, 0) is 6.08 Å². The van der Waals surface area contributed by atoms with Crippen molar-refractivity contribution in [3.8, 4) is 0 Å². The number of carbonyl (C=O) groups is 1. The summed E-state index contributed by atoms with van der Waals surface area (Å²) in [5, 5.41) is 40.1. The molecule has 5 unspecified atom stereocenters. The van der Waals surface area contributed by atoms with Crippen molar-refractivity contribution >= 4 is 5.91 Å². The van der Waals surface area contributed by atoms with Gasteiger partial charge in [-0.15, -0.1) is 0 Å². The van der Waals surface area contributed by atoms with E-state index in [2.05, 4.69) is 11.9 Å². The van der Waals surface area contributed by atoms with E-state index in [-0.39, 0.29) is 6.54 Å². The van der Waals surface area contributed by atoms with Crippen LogP contribution in [-0.2, 0) is 9.53 Å². The van der Waals surface area contributed by atoms with Crippen LogP contribution in [-0.4, -0.2) is 64.1 Å². The SMILES string of the molecule is C=CC(=O)NCC1C(O)OC(CO)C(O)C1O. The van der Waals surface area contributed by atoms with Crippen molar-refractivity contribution in [2.75, 3.05) is 13.2 Å². The topological polar surface area (TPSA) is 119 Å². The number of aliphatic hydroxyl groups excluding tert-OH is 4. The lowest BCUT2D eigenvalue weighted by atomic mass is 9.91. The summed E-state index contributed by atoms with van der Waals surface area (Å²) in [6.45, 7) is 2.67. The second kappa shape index (κ2) is 6.08. The van der Waals surface area contributed by atoms with Crippen LogP contribution in [0.15, 0.2) is 12.7 Å². The van der Waals surface area contributed by atoms with Crippen LogP contribution >= 0.6 is 0 Å². The van der Waals surface area contributed by atoms with E-state index in [0.29, 0.717) is 0 Å². The molecule has 1 saturated heterocycles. The molecule has 5 N–H and O–H groups in total. The lowest BCUT2D eigenvalue weighted by Gasteiger charge is -2.40. The third-order valence-corrected chi connectivity index (χ3v) is 2.73. The molecular weight excluding hydrogens is 230 g/mol. The van der Waals surface area contributed by atoms with Gasteiger partial charge < -0.3 is 30.5 Å². The smallest absolute Gasteiger partial charge is 0.243 e. The molecule has 98 valence electrons. The summed E-state index contributed by atoms with van der Waals surface area (Å²) in [5.41, 5.74) is 0. The Balaban J connectivity index is 2.60. The minimum Gasteiger partial charge on any atom is -0.394 e. The van der Waals surface area contributed by atoms with E-state index in [9.17, 15) is 20.1 Å². The highest BCUT2D eigenvalue weighted by Gasteiger charge is 2.43. The molecule has 7 heteroatoms. The van der Waals surface area contributed by atoms with Crippen molar-refractivity contribution in [1.82, 2.24) is 5.32 Å². The summed E-state index contributed by atoms with van der Waals surface area (Å²) in [4.78, 5) is 10.9. The van der Waals surface area contributed by atoms with Crippen LogP contribution < -0.4 is 5.32 Å². The molecule has 7 nitrogen and oxygen atoms in total. The molecule has 0 bridgehead atoms. The monoisotopic (exact) mass is 247 g/mol. The number of hydrogen-bond donors (Lipinski definition) is 5. The largest absolute Gasteiger partial charge is 0.394 e. The molecule has 0 aromatic carbocycles. The van der Waals surface area contributed by atoms with Crippen molar-refractivity contribution in [1.29, 1.82) is 0 Å². The van der Waals surface area contributed by atoms with Crippen LogP contribution in [0.2, 0.25) is 0 Å². The molecule has 0 saturated carbocycles. The van der Waals surface area contributed by atoms with Gasteiger partial charge in [0.1, 0.15) is 12.2 Å². The number of nitrogens with one attached hydrogen (secondary N) is 1. The Labute approximate surface area is 98.3 Å². The molecule has 0 spiro atoms. The first kappa shape index (κ1) is 14.1. The van der Waals surface area contributed by atoms with Crippen LogP contribution in [0.25, 0.3) is 0 Å². The number of hydrogen-bond acceptors (Lipinski definition) is 6. The average molecular weight is 247 g/mol. The van der Waals surface area contributed by atoms with Crippen LogP contribution in [0.1, 0.15) is 0 Å². The van der Waals surface area contributed by atoms with E-state index in [1.165, 1.54) is 0 Å². The Morgan fingerprint density at radius 3 is 2.53 bits per heavy atom. The number of carbonyl (C=O) groups excluding carboxylic acids is 1. The predicted octanol–water partition coefficient (Wildman–Crippen LogP) is -2.66. The van der Waals surface area contributed by atoms with Crippen molar-refractivity contribution in [2.24, 2.45) is 5.92 Å². The van der Waals surface area contributed by atoms with Gasteiger partial charge in [0.25, 0.3) is 0 Å². The van der Waals surface area contributed by atoms with Gasteiger partial charge in [0.05, 0.1) is 18.6 Å². The second-order valence-electron chi connectivity index (χ2n) is 3.84. The molecule has 1 rings (SSSR count). The quantitative estimate of drug-likeness (QED) is 0.346. The maximum absolute atomic E-state index is 10.9. The van der Waals surface area contributed by atoms with Gasteiger partial charge in [0.15, 0.2) is 6.29 Å². The summed E-state index contributed by atoms with van der Waals surface area (Å²) in [7, 11) is 0. The molecule has 1 amide bonds. The summed E-state index contributed by atoms with van der Waals surface area (Å²) in [6, 6.07) is 0. The van der Waals surface area contributed by atoms with E-state index < -0.39 is 43.0 Å². The number of ether oxygens (including phenoxy) is 1. The molecular formula is C10H17NO6. The first-order valence-corrected chi connectivity index (χ1v) is 5.22. The fourth-order valence-electron chi connectivity index (χ4n) is 1.67. The van der Waals surface area contributed by atoms with Crippen LogP contribution in [0.5, 0.6) is 0 Å². The Kier molecular flexibility index (Phi) is 5.03. The molecule has 1 heterocycles. The minimum absolute atomic E-state index is 0.0671. The van der Waals surface area contributed by atoms with Gasteiger partial charge in [-0.1, -0.05) is 6.58 Å². The Morgan fingerprint density at radius 1 is 1.35 bits per heavy atom. The van der Waals surface area contributed by atoms with Crippen molar-refractivity contribution in [2.45, 2.75) is 24.6 Å². The van der Waals surface area contributed by atoms with Gasteiger partial charge in [-0.25, -0.2) is 0 Å². The predicted molar refractivity (Wildman–Crippen MR) is 56.7 cm³/mol. The Morgan fingerprint density at radius 2 is 2.00 bits per heavy atom. The van der Waals surface area contributed by atoms with E-state index in [0.717, 1.165) is 6.08 Å². The Bertz CT molecular complexity index is 284. The Hall–Kier alpha value is -0.990. The van der Waals surface area contributed by atoms with E-state index in [1.54, 1.807) is 0 Å². The van der Waals surface area contributed by atoms with Gasteiger partial charge in [0.2, 0.25) is 5.91 Å². The molecule has 0 aliphatic carbocycles. The molecule has 1 fully saturated rings. The third-order valence-electron chi connectivity index (χ3n) is 2.73. The summed E-state index contributed by atoms with van der Waals surface area (Å²) in [5.74, 6) is -1.32. The summed E-state index contributed by atoms with van der Waals surface area (Å²) < 4.78 is 4.92. The normalized spacial score (nSPS) is 37.5. The maximum Gasteiger partial charge on any atom is 0.243 e. The van der Waals surface area contributed by atoms with Crippen molar-refractivity contribution in [3.63, 3.8) is 0 Å². The van der Waals surface area contributed by atoms with Gasteiger partial charge >= 0.3 is 0 Å². The molecule has 0 radical (unpaired) electrons. The summed E-state index contributed by atoms with van der Waals surface area (Å²) >= 11 is 0. The van der Waals surface area contributed by atoms with Gasteiger partial charge in [-0.2, -0.15) is 0 Å². The highest BCUT2D eigenvalue weighted by molar-refractivity contribution is 5.86. The highest BCUT2D eigenvalue weighted by atomic mass is 16.6. The zero-order chi connectivity index (χ0) is 13.0. The van der Waals surface area contributed by atoms with Gasteiger partial charge in [0, 0.05) is 6.54 Å². The zero-order valence-electron chi connectivity index (χ0n) is 9.19. The molecule has 5 atom stereocenters. The minimum atomic E-state index is -1.37. The van der Waals surface area contributed by atoms with E-state index in [1.807, 2.05) is 0 Å².